The molecule has 1 saturated heterocycles. The van der Waals surface area contributed by atoms with E-state index in [1.807, 2.05) is 23.1 Å². The SMILES string of the molecule is N=C(N)CC(=O)OCc1cccc(N2CCN(C(=O)c3ccccc3)CC2)c1F. The highest BCUT2D eigenvalue weighted by Crippen LogP contribution is 2.24. The van der Waals surface area contributed by atoms with Crippen LogP contribution in [-0.4, -0.2) is 48.8 Å². The van der Waals surface area contributed by atoms with E-state index in [0.29, 0.717) is 37.4 Å². The quantitative estimate of drug-likeness (QED) is 0.441. The highest BCUT2D eigenvalue weighted by molar-refractivity contribution is 5.95. The van der Waals surface area contributed by atoms with E-state index in [1.54, 1.807) is 35.2 Å². The number of piperazine rings is 1. The lowest BCUT2D eigenvalue weighted by atomic mass is 10.1. The van der Waals surface area contributed by atoms with Crippen molar-refractivity contribution in [3.63, 3.8) is 0 Å². The molecule has 2 aromatic rings. The summed E-state index contributed by atoms with van der Waals surface area (Å²) in [4.78, 5) is 27.7. The van der Waals surface area contributed by atoms with Crippen molar-refractivity contribution < 1.29 is 18.7 Å². The van der Waals surface area contributed by atoms with Gasteiger partial charge in [-0.15, -0.1) is 0 Å². The van der Waals surface area contributed by atoms with Crippen molar-refractivity contribution in [3.8, 4) is 0 Å². The maximum absolute atomic E-state index is 14.9. The minimum atomic E-state index is -0.671. The fourth-order valence-electron chi connectivity index (χ4n) is 3.20. The van der Waals surface area contributed by atoms with E-state index < -0.39 is 11.8 Å². The molecule has 0 atom stereocenters. The van der Waals surface area contributed by atoms with Gasteiger partial charge in [-0.25, -0.2) is 4.39 Å². The number of carbonyl (C=O) groups excluding carboxylic acids is 2. The molecule has 7 nitrogen and oxygen atoms in total. The Morgan fingerprint density at radius 2 is 1.72 bits per heavy atom. The van der Waals surface area contributed by atoms with Gasteiger partial charge >= 0.3 is 5.97 Å². The van der Waals surface area contributed by atoms with Gasteiger partial charge in [-0.05, 0) is 18.2 Å². The molecule has 0 aliphatic carbocycles. The Morgan fingerprint density at radius 3 is 2.38 bits per heavy atom. The highest BCUT2D eigenvalue weighted by atomic mass is 19.1. The number of rotatable bonds is 6. The normalized spacial score (nSPS) is 13.8. The molecular formula is C21H23FN4O3. The monoisotopic (exact) mass is 398 g/mol. The standard InChI is InChI=1S/C21H23FN4O3/c22-20-16(14-29-19(27)13-18(23)24)7-4-8-17(20)25-9-11-26(12-10-25)21(28)15-5-2-1-3-6-15/h1-8H,9-14H2,(H3,23,24). The van der Waals surface area contributed by atoms with Crippen molar-refractivity contribution in [3.05, 3.63) is 65.5 Å². The van der Waals surface area contributed by atoms with Crippen LogP contribution in [0.1, 0.15) is 22.3 Å². The first-order valence-corrected chi connectivity index (χ1v) is 9.31. The lowest BCUT2D eigenvalue weighted by Crippen LogP contribution is -2.49. The molecule has 1 amide bonds. The number of amides is 1. The van der Waals surface area contributed by atoms with Gasteiger partial charge in [-0.2, -0.15) is 0 Å². The first-order chi connectivity index (χ1) is 14.0. The van der Waals surface area contributed by atoms with Gasteiger partial charge in [0.1, 0.15) is 18.9 Å². The minimum Gasteiger partial charge on any atom is -0.460 e. The molecule has 1 fully saturated rings. The van der Waals surface area contributed by atoms with Crippen molar-refractivity contribution in [2.45, 2.75) is 13.0 Å². The number of nitrogens with two attached hydrogens (primary N) is 1. The Balaban J connectivity index is 1.61. The van der Waals surface area contributed by atoms with E-state index in [9.17, 15) is 14.0 Å². The van der Waals surface area contributed by atoms with Gasteiger partial charge < -0.3 is 20.3 Å². The summed E-state index contributed by atoms with van der Waals surface area (Å²) in [7, 11) is 0. The Bertz CT molecular complexity index is 896. The number of nitrogens with one attached hydrogen (secondary N) is 1. The highest BCUT2D eigenvalue weighted by Gasteiger charge is 2.24. The summed E-state index contributed by atoms with van der Waals surface area (Å²) in [6, 6.07) is 14.0. The van der Waals surface area contributed by atoms with Crippen molar-refractivity contribution in [2.75, 3.05) is 31.1 Å². The summed E-state index contributed by atoms with van der Waals surface area (Å²) in [5.41, 5.74) is 6.46. The molecule has 8 heteroatoms. The number of amidine groups is 1. The molecule has 0 radical (unpaired) electrons. The molecule has 0 aromatic heterocycles. The lowest BCUT2D eigenvalue weighted by molar-refractivity contribution is -0.143. The van der Waals surface area contributed by atoms with Gasteiger partial charge in [-0.1, -0.05) is 30.3 Å². The van der Waals surface area contributed by atoms with Gasteiger partial charge in [0.25, 0.3) is 5.91 Å². The van der Waals surface area contributed by atoms with Crippen molar-refractivity contribution in [1.82, 2.24) is 4.90 Å². The van der Waals surface area contributed by atoms with E-state index in [1.165, 1.54) is 0 Å². The van der Waals surface area contributed by atoms with E-state index >= 15 is 0 Å². The summed E-state index contributed by atoms with van der Waals surface area (Å²) in [5.74, 6) is -1.45. The number of carbonyl (C=O) groups is 2. The summed E-state index contributed by atoms with van der Waals surface area (Å²) in [6.07, 6.45) is -0.321. The number of hydrogen-bond donors (Lipinski definition) is 2. The molecule has 0 bridgehead atoms. The van der Waals surface area contributed by atoms with Crippen LogP contribution < -0.4 is 10.6 Å². The Labute approximate surface area is 168 Å². The predicted octanol–water partition coefficient (Wildman–Crippen LogP) is 2.16. The second kappa shape index (κ2) is 9.18. The number of halogens is 1. The van der Waals surface area contributed by atoms with Gasteiger partial charge in [0.15, 0.2) is 5.82 Å². The van der Waals surface area contributed by atoms with Crippen molar-refractivity contribution in [2.24, 2.45) is 5.73 Å². The summed E-state index contributed by atoms with van der Waals surface area (Å²) in [5, 5.41) is 7.09. The summed E-state index contributed by atoms with van der Waals surface area (Å²) >= 11 is 0. The van der Waals surface area contributed by atoms with Crippen LogP contribution in [0.4, 0.5) is 10.1 Å². The molecule has 0 saturated carbocycles. The molecule has 152 valence electrons. The second-order valence-corrected chi connectivity index (χ2v) is 6.76. The Kier molecular flexibility index (Phi) is 6.43. The van der Waals surface area contributed by atoms with Crippen LogP contribution in [0.3, 0.4) is 0 Å². The summed E-state index contributed by atoms with van der Waals surface area (Å²) in [6.45, 7) is 1.76. The fourth-order valence-corrected chi connectivity index (χ4v) is 3.20. The zero-order chi connectivity index (χ0) is 20.8. The molecule has 0 unspecified atom stereocenters. The van der Waals surface area contributed by atoms with Crippen LogP contribution in [0, 0.1) is 11.2 Å². The van der Waals surface area contributed by atoms with E-state index in [0.717, 1.165) is 0 Å². The number of esters is 1. The Hall–Kier alpha value is -3.42. The predicted molar refractivity (Wildman–Crippen MR) is 107 cm³/mol. The third-order valence-electron chi connectivity index (χ3n) is 4.71. The van der Waals surface area contributed by atoms with Crippen LogP contribution >= 0.6 is 0 Å². The topological polar surface area (TPSA) is 99.7 Å². The van der Waals surface area contributed by atoms with Gasteiger partial charge in [0.05, 0.1) is 5.69 Å². The molecule has 0 spiro atoms. The largest absolute Gasteiger partial charge is 0.460 e. The minimum absolute atomic E-state index is 0.0307. The molecule has 2 aromatic carbocycles. The maximum atomic E-state index is 14.9. The second-order valence-electron chi connectivity index (χ2n) is 6.76. The molecule has 1 aliphatic rings. The van der Waals surface area contributed by atoms with Crippen LogP contribution in [0.5, 0.6) is 0 Å². The number of ether oxygens (including phenoxy) is 1. The van der Waals surface area contributed by atoms with E-state index in [-0.39, 0.29) is 30.3 Å². The lowest BCUT2D eigenvalue weighted by Gasteiger charge is -2.36. The molecule has 29 heavy (non-hydrogen) atoms. The van der Waals surface area contributed by atoms with Crippen molar-refractivity contribution in [1.29, 1.82) is 5.41 Å². The third kappa shape index (κ3) is 5.10. The number of hydrogen-bond acceptors (Lipinski definition) is 5. The van der Waals surface area contributed by atoms with Gasteiger partial charge in [-0.3, -0.25) is 15.0 Å². The molecule has 3 rings (SSSR count). The molecule has 1 heterocycles. The first-order valence-electron chi connectivity index (χ1n) is 9.31. The zero-order valence-electron chi connectivity index (χ0n) is 15.9. The van der Waals surface area contributed by atoms with Crippen LogP contribution in [0.2, 0.25) is 0 Å². The zero-order valence-corrected chi connectivity index (χ0v) is 15.9. The fraction of sp³-hybridized carbons (Fsp3) is 0.286. The summed E-state index contributed by atoms with van der Waals surface area (Å²) < 4.78 is 19.9. The van der Waals surface area contributed by atoms with E-state index in [2.05, 4.69) is 0 Å². The van der Waals surface area contributed by atoms with Gasteiger partial charge in [0, 0.05) is 37.3 Å². The smallest absolute Gasteiger partial charge is 0.313 e. The van der Waals surface area contributed by atoms with Crippen LogP contribution in [0.15, 0.2) is 48.5 Å². The Morgan fingerprint density at radius 1 is 1.03 bits per heavy atom. The average molecular weight is 398 g/mol. The first kappa shape index (κ1) is 20.3. The van der Waals surface area contributed by atoms with Crippen LogP contribution in [-0.2, 0) is 16.1 Å². The third-order valence-corrected chi connectivity index (χ3v) is 4.71. The van der Waals surface area contributed by atoms with Gasteiger partial charge in [0.2, 0.25) is 0 Å². The average Bonchev–Trinajstić information content (AvgIpc) is 2.73. The molecule has 1 aliphatic heterocycles. The number of nitrogens with zero attached hydrogens (tertiary/aromatic N) is 2. The molecule has 3 N–H and O–H groups in total. The van der Waals surface area contributed by atoms with Crippen LogP contribution in [0.25, 0.3) is 0 Å². The number of anilines is 1. The number of benzene rings is 2. The van der Waals surface area contributed by atoms with Crippen molar-refractivity contribution >= 4 is 23.4 Å². The molecular weight excluding hydrogens is 375 g/mol. The van der Waals surface area contributed by atoms with E-state index in [4.69, 9.17) is 15.9 Å². The maximum Gasteiger partial charge on any atom is 0.313 e.